The summed E-state index contributed by atoms with van der Waals surface area (Å²) in [5.74, 6) is -0.586. The monoisotopic (exact) mass is 394 g/mol. The maximum atomic E-state index is 13.4. The lowest BCUT2D eigenvalue weighted by Gasteiger charge is -2.29. The van der Waals surface area contributed by atoms with Crippen molar-refractivity contribution in [2.24, 2.45) is 0 Å². The van der Waals surface area contributed by atoms with Crippen LogP contribution in [-0.4, -0.2) is 20.9 Å². The van der Waals surface area contributed by atoms with Crippen LogP contribution in [0.5, 0.6) is 23.0 Å². The van der Waals surface area contributed by atoms with Gasteiger partial charge >= 0.3 is 0 Å². The lowest BCUT2D eigenvalue weighted by atomic mass is 9.82. The molecule has 0 fully saturated rings. The van der Waals surface area contributed by atoms with Crippen LogP contribution < -0.4 is 10.2 Å². The summed E-state index contributed by atoms with van der Waals surface area (Å²) in [6.07, 6.45) is 5.10. The highest BCUT2D eigenvalue weighted by molar-refractivity contribution is 6.01. The summed E-state index contributed by atoms with van der Waals surface area (Å²) in [7, 11) is 0. The van der Waals surface area contributed by atoms with Crippen molar-refractivity contribution >= 4 is 28.0 Å². The number of allylic oxidation sites excluding steroid dienone is 1. The summed E-state index contributed by atoms with van der Waals surface area (Å²) in [5.41, 5.74) is -1.00. The van der Waals surface area contributed by atoms with Crippen molar-refractivity contribution in [3.05, 3.63) is 52.2 Å². The predicted octanol–water partition coefficient (Wildman–Crippen LogP) is 4.71. The van der Waals surface area contributed by atoms with Crippen LogP contribution in [0.3, 0.4) is 0 Å². The number of benzene rings is 2. The van der Waals surface area contributed by atoms with Crippen LogP contribution in [0.1, 0.15) is 38.8 Å². The van der Waals surface area contributed by atoms with E-state index in [0.29, 0.717) is 11.1 Å². The van der Waals surface area contributed by atoms with Crippen molar-refractivity contribution in [1.29, 1.82) is 0 Å². The Balaban J connectivity index is 2.23. The van der Waals surface area contributed by atoms with E-state index >= 15 is 0 Å². The zero-order valence-electron chi connectivity index (χ0n) is 16.7. The number of hydrogen-bond donors (Lipinski definition) is 3. The fraction of sp³-hybridized carbons (Fsp3) is 0.261. The van der Waals surface area contributed by atoms with Crippen molar-refractivity contribution < 1.29 is 24.5 Å². The topological polar surface area (TPSA) is 100 Å². The van der Waals surface area contributed by atoms with E-state index < -0.39 is 16.4 Å². The van der Waals surface area contributed by atoms with E-state index in [-0.39, 0.29) is 44.9 Å². The van der Waals surface area contributed by atoms with Crippen LogP contribution in [0.4, 0.5) is 0 Å². The molecule has 1 aliphatic rings. The molecule has 0 atom stereocenters. The van der Waals surface area contributed by atoms with Crippen molar-refractivity contribution in [3.8, 4) is 23.0 Å². The minimum absolute atomic E-state index is 0.0466. The molecule has 6 heteroatoms. The fourth-order valence-electron chi connectivity index (χ4n) is 3.72. The molecule has 1 aromatic heterocycles. The van der Waals surface area contributed by atoms with Gasteiger partial charge in [0, 0.05) is 28.7 Å². The quantitative estimate of drug-likeness (QED) is 0.430. The predicted molar refractivity (Wildman–Crippen MR) is 112 cm³/mol. The Morgan fingerprint density at radius 3 is 2.41 bits per heavy atom. The molecular weight excluding hydrogens is 372 g/mol. The van der Waals surface area contributed by atoms with Gasteiger partial charge in [-0.3, -0.25) is 4.79 Å². The Bertz CT molecular complexity index is 1290. The molecule has 2 heterocycles. The van der Waals surface area contributed by atoms with Crippen LogP contribution in [-0.2, 0) is 5.41 Å². The van der Waals surface area contributed by atoms with Gasteiger partial charge in [0.15, 0.2) is 11.5 Å². The van der Waals surface area contributed by atoms with Crippen molar-refractivity contribution in [2.45, 2.75) is 38.7 Å². The second-order valence-corrected chi connectivity index (χ2v) is 8.40. The third kappa shape index (κ3) is 2.67. The summed E-state index contributed by atoms with van der Waals surface area (Å²) >= 11 is 0. The van der Waals surface area contributed by atoms with E-state index in [1.807, 2.05) is 13.8 Å². The highest BCUT2D eigenvalue weighted by Crippen LogP contribution is 2.45. The summed E-state index contributed by atoms with van der Waals surface area (Å²) in [4.78, 5) is 13.4. The molecule has 150 valence electrons. The maximum absolute atomic E-state index is 13.4. The minimum Gasteiger partial charge on any atom is -0.507 e. The summed E-state index contributed by atoms with van der Waals surface area (Å²) in [6, 6.07) is 2.45. The average Bonchev–Trinajstić information content (AvgIpc) is 2.60. The van der Waals surface area contributed by atoms with Crippen LogP contribution >= 0.6 is 0 Å². The van der Waals surface area contributed by atoms with E-state index in [2.05, 4.69) is 6.58 Å². The molecule has 2 aromatic carbocycles. The van der Waals surface area contributed by atoms with Crippen LogP contribution in [0.2, 0.25) is 0 Å². The van der Waals surface area contributed by atoms with Gasteiger partial charge in [-0.25, -0.2) is 0 Å². The summed E-state index contributed by atoms with van der Waals surface area (Å²) < 4.78 is 11.8. The Morgan fingerprint density at radius 1 is 1.07 bits per heavy atom. The fourth-order valence-corrected chi connectivity index (χ4v) is 3.72. The first-order chi connectivity index (χ1) is 13.5. The molecule has 4 rings (SSSR count). The Labute approximate surface area is 167 Å². The van der Waals surface area contributed by atoms with E-state index in [0.717, 1.165) is 6.07 Å². The SMILES string of the molecule is C=CC(C)(C)c1c(O)cc(O)c2c(=O)c3c4c(c(O)cc3oc12)OC(C)(C)C=C4. The van der Waals surface area contributed by atoms with Gasteiger partial charge in [0.25, 0.3) is 0 Å². The molecular formula is C23H22O6. The van der Waals surface area contributed by atoms with E-state index in [1.165, 1.54) is 6.07 Å². The van der Waals surface area contributed by atoms with Crippen LogP contribution in [0, 0.1) is 0 Å². The largest absolute Gasteiger partial charge is 0.507 e. The second-order valence-electron chi connectivity index (χ2n) is 8.40. The Morgan fingerprint density at radius 2 is 1.76 bits per heavy atom. The first-order valence-electron chi connectivity index (χ1n) is 9.20. The molecule has 3 aromatic rings. The third-order valence-electron chi connectivity index (χ3n) is 5.34. The number of aromatic hydroxyl groups is 3. The molecule has 3 N–H and O–H groups in total. The lowest BCUT2D eigenvalue weighted by molar-refractivity contribution is 0.153. The van der Waals surface area contributed by atoms with Gasteiger partial charge in [-0.1, -0.05) is 26.0 Å². The molecule has 0 unspecified atom stereocenters. The average molecular weight is 394 g/mol. The molecule has 0 saturated carbocycles. The van der Waals surface area contributed by atoms with Crippen LogP contribution in [0.15, 0.2) is 40.1 Å². The second kappa shape index (κ2) is 5.80. The Hall–Kier alpha value is -3.41. The molecule has 0 amide bonds. The molecule has 1 aliphatic heterocycles. The van der Waals surface area contributed by atoms with E-state index in [9.17, 15) is 20.1 Å². The van der Waals surface area contributed by atoms with E-state index in [1.54, 1.807) is 32.1 Å². The Kier molecular flexibility index (Phi) is 3.78. The molecule has 0 spiro atoms. The van der Waals surface area contributed by atoms with Gasteiger partial charge in [-0.2, -0.15) is 0 Å². The van der Waals surface area contributed by atoms with Gasteiger partial charge in [-0.05, 0) is 19.9 Å². The van der Waals surface area contributed by atoms with Gasteiger partial charge in [0.05, 0.1) is 5.39 Å². The highest BCUT2D eigenvalue weighted by atomic mass is 16.5. The number of ether oxygens (including phenoxy) is 1. The van der Waals surface area contributed by atoms with Gasteiger partial charge in [0.1, 0.15) is 33.7 Å². The number of rotatable bonds is 2. The van der Waals surface area contributed by atoms with Crippen molar-refractivity contribution in [2.75, 3.05) is 0 Å². The minimum atomic E-state index is -0.747. The van der Waals surface area contributed by atoms with Gasteiger partial charge in [-0.15, -0.1) is 6.58 Å². The van der Waals surface area contributed by atoms with Gasteiger partial charge < -0.3 is 24.5 Å². The summed E-state index contributed by atoms with van der Waals surface area (Å²) in [5, 5.41) is 31.6. The lowest BCUT2D eigenvalue weighted by Crippen LogP contribution is -2.28. The number of phenols is 3. The normalized spacial score (nSPS) is 15.3. The number of hydrogen-bond acceptors (Lipinski definition) is 6. The molecule has 29 heavy (non-hydrogen) atoms. The van der Waals surface area contributed by atoms with E-state index in [4.69, 9.17) is 9.15 Å². The standard InChI is InChI=1S/C23H22O6/c1-6-22(2,3)18-13(25)9-12(24)17-19(27)16-11-7-8-23(4,5)29-20(11)14(26)10-15(16)28-21(17)18/h6-10,24-26H,1H2,2-5H3. The molecule has 0 radical (unpaired) electrons. The molecule has 0 bridgehead atoms. The number of fused-ring (bicyclic) bond motifs is 4. The first-order valence-corrected chi connectivity index (χ1v) is 9.20. The molecule has 6 nitrogen and oxygen atoms in total. The van der Waals surface area contributed by atoms with Crippen molar-refractivity contribution in [1.82, 2.24) is 0 Å². The third-order valence-corrected chi connectivity index (χ3v) is 5.34. The zero-order valence-corrected chi connectivity index (χ0v) is 16.7. The number of phenolic OH excluding ortho intramolecular Hbond substituents is 3. The highest BCUT2D eigenvalue weighted by Gasteiger charge is 2.31. The first kappa shape index (κ1) is 18.9. The van der Waals surface area contributed by atoms with Gasteiger partial charge in [0.2, 0.25) is 5.43 Å². The zero-order chi connectivity index (χ0) is 21.3. The molecule has 0 saturated heterocycles. The summed E-state index contributed by atoms with van der Waals surface area (Å²) in [6.45, 7) is 11.1. The van der Waals surface area contributed by atoms with Crippen LogP contribution in [0.25, 0.3) is 28.0 Å². The maximum Gasteiger partial charge on any atom is 0.205 e. The van der Waals surface area contributed by atoms with Crippen molar-refractivity contribution in [3.63, 3.8) is 0 Å². The smallest absolute Gasteiger partial charge is 0.205 e. The molecule has 0 aliphatic carbocycles.